The minimum atomic E-state index is -1.61. The van der Waals surface area contributed by atoms with Crippen LogP contribution in [-0.4, -0.2) is 70.2 Å². The summed E-state index contributed by atoms with van der Waals surface area (Å²) in [6.07, 6.45) is 2.47. The molecule has 0 saturated carbocycles. The molecule has 2 heterocycles. The quantitative estimate of drug-likeness (QED) is 0.305. The number of nitrogens with one attached hydrogen (secondary N) is 2. The Kier molecular flexibility index (Phi) is 8.84. The second-order valence-corrected chi connectivity index (χ2v) is 9.83. The maximum atomic E-state index is 12.3. The molecule has 1 aromatic heterocycles. The van der Waals surface area contributed by atoms with Gasteiger partial charge in [-0.15, -0.1) is 0 Å². The van der Waals surface area contributed by atoms with E-state index in [0.29, 0.717) is 27.5 Å². The van der Waals surface area contributed by atoms with Crippen LogP contribution in [0.1, 0.15) is 13.3 Å². The highest BCUT2D eigenvalue weighted by atomic mass is 32.1. The number of hydrogen-bond donors (Lipinski definition) is 4. The molecule has 0 radical (unpaired) electrons. The van der Waals surface area contributed by atoms with Gasteiger partial charge in [-0.2, -0.15) is 9.78 Å². The Balaban J connectivity index is 1.81. The van der Waals surface area contributed by atoms with E-state index < -0.39 is 19.7 Å². The molecule has 2 aromatic rings. The zero-order chi connectivity index (χ0) is 23.8. The molecular weight excluding hydrogens is 465 g/mol. The van der Waals surface area contributed by atoms with Crippen LogP contribution in [0.25, 0.3) is 10.6 Å². The number of nitrogens with two attached hydrogens (primary N) is 1. The lowest BCUT2D eigenvalue weighted by molar-refractivity contribution is -0.136. The fourth-order valence-corrected chi connectivity index (χ4v) is 4.88. The first kappa shape index (κ1) is 24.7. The molecule has 1 atom stereocenters. The third kappa shape index (κ3) is 6.78. The van der Waals surface area contributed by atoms with Gasteiger partial charge in [-0.25, -0.2) is 4.99 Å². The molecule has 1 fully saturated rings. The summed E-state index contributed by atoms with van der Waals surface area (Å²) in [5.41, 5.74) is 6.64. The van der Waals surface area contributed by atoms with Gasteiger partial charge in [-0.05, 0) is 31.3 Å². The first-order chi connectivity index (χ1) is 15.9. The Morgan fingerprint density at radius 2 is 2.15 bits per heavy atom. The molecule has 33 heavy (non-hydrogen) atoms. The largest absolute Gasteiger partial charge is 0.481 e. The second kappa shape index (κ2) is 11.8. The van der Waals surface area contributed by atoms with Crippen molar-refractivity contribution < 1.29 is 19.5 Å². The van der Waals surface area contributed by atoms with Crippen molar-refractivity contribution in [2.75, 3.05) is 37.7 Å². The second-order valence-electron chi connectivity index (χ2n) is 7.08. The van der Waals surface area contributed by atoms with Crippen LogP contribution in [0.4, 0.5) is 10.5 Å². The summed E-state index contributed by atoms with van der Waals surface area (Å²) in [4.78, 5) is 41.8. The van der Waals surface area contributed by atoms with Crippen molar-refractivity contribution in [3.8, 4) is 10.6 Å². The molecule has 13 heteroatoms. The number of nitrogens with zero attached hydrogens (tertiary/aromatic N) is 4. The predicted octanol–water partition coefficient (Wildman–Crippen LogP) is 1.68. The number of rotatable bonds is 9. The van der Waals surface area contributed by atoms with E-state index in [-0.39, 0.29) is 12.6 Å². The highest BCUT2D eigenvalue weighted by molar-refractivity contribution is 7.73. The number of carbonyl (C=O) groups excluding carboxylic acids is 2. The Bertz CT molecular complexity index is 1110. The predicted molar refractivity (Wildman–Crippen MR) is 129 cm³/mol. The number of allylic oxidation sites excluding steroid dienone is 1. The van der Waals surface area contributed by atoms with Gasteiger partial charge in [0, 0.05) is 37.4 Å². The average Bonchev–Trinajstić information content (AvgIpc) is 3.24. The van der Waals surface area contributed by atoms with Crippen LogP contribution in [0.3, 0.4) is 0 Å². The average molecular weight is 492 g/mol. The molecule has 1 aliphatic rings. The molecule has 0 aliphatic carbocycles. The van der Waals surface area contributed by atoms with Crippen LogP contribution in [-0.2, 0) is 9.59 Å². The summed E-state index contributed by atoms with van der Waals surface area (Å²) in [5.74, 6) is -0.213. The summed E-state index contributed by atoms with van der Waals surface area (Å²) in [7, 11) is -1.61. The normalized spacial score (nSPS) is 15.9. The fourth-order valence-electron chi connectivity index (χ4n) is 3.11. The van der Waals surface area contributed by atoms with E-state index in [1.165, 1.54) is 16.0 Å². The number of carboxylic acid groups (broad SMARTS) is 1. The maximum Gasteiger partial charge on any atom is 0.303 e. The van der Waals surface area contributed by atoms with E-state index >= 15 is 0 Å². The Morgan fingerprint density at radius 1 is 1.39 bits per heavy atom. The smallest absolute Gasteiger partial charge is 0.303 e. The van der Waals surface area contributed by atoms with Crippen LogP contribution in [0.2, 0.25) is 0 Å². The van der Waals surface area contributed by atoms with Gasteiger partial charge >= 0.3 is 5.97 Å². The lowest BCUT2D eigenvalue weighted by atomic mass is 10.2. The van der Waals surface area contributed by atoms with Crippen molar-refractivity contribution in [1.29, 1.82) is 0 Å². The minimum absolute atomic E-state index is 0.104. The van der Waals surface area contributed by atoms with Gasteiger partial charge < -0.3 is 26.1 Å². The monoisotopic (exact) mass is 491 g/mol. The molecule has 1 aromatic carbocycles. The van der Waals surface area contributed by atoms with Crippen LogP contribution in [0.5, 0.6) is 0 Å². The zero-order valence-corrected chi connectivity index (χ0v) is 19.8. The number of hydrogen-bond acceptors (Lipinski definition) is 9. The number of piperazine rings is 1. The third-order valence-electron chi connectivity index (χ3n) is 4.78. The molecule has 0 bridgehead atoms. The fraction of sp³-hybridized carbons (Fsp3) is 0.350. The summed E-state index contributed by atoms with van der Waals surface area (Å²) < 4.78 is 1.20. The van der Waals surface area contributed by atoms with Gasteiger partial charge in [0.15, 0.2) is 0 Å². The number of aliphatic carboxylic acids is 1. The number of aromatic nitrogens is 2. The first-order valence-electron chi connectivity index (χ1n) is 10.3. The molecular formula is C20H26N7O4PS. The van der Waals surface area contributed by atoms with Gasteiger partial charge in [-0.3, -0.25) is 14.4 Å². The molecule has 3 rings (SSSR count). The van der Waals surface area contributed by atoms with Gasteiger partial charge in [0.05, 0.1) is 14.5 Å². The van der Waals surface area contributed by atoms with E-state index in [4.69, 9.17) is 10.6 Å². The highest BCUT2D eigenvalue weighted by Gasteiger charge is 2.16. The molecule has 176 valence electrons. The zero-order valence-electron chi connectivity index (χ0n) is 18.1. The Hall–Kier alpha value is -2.92. The molecule has 11 nitrogen and oxygen atoms in total. The summed E-state index contributed by atoms with van der Waals surface area (Å²) in [5, 5.41) is 19.7. The van der Waals surface area contributed by atoms with E-state index in [1.54, 1.807) is 18.2 Å². The van der Waals surface area contributed by atoms with E-state index in [2.05, 4.69) is 25.6 Å². The molecule has 1 unspecified atom stereocenters. The number of amides is 1. The molecule has 1 saturated heterocycles. The lowest BCUT2D eigenvalue weighted by Crippen LogP contribution is -2.42. The summed E-state index contributed by atoms with van der Waals surface area (Å²) in [6, 6.07) is 7.00. The number of carboxylic acids is 1. The SMILES string of the molecule is C/C=C(\N=c1\sc(-c2cccc(NC(=O)P(N)CCC(=O)O)c2)nn1C=O)N1CCNCC1. The summed E-state index contributed by atoms with van der Waals surface area (Å²) >= 11 is 1.26. The van der Waals surface area contributed by atoms with Gasteiger partial charge in [0.2, 0.25) is 11.2 Å². The van der Waals surface area contributed by atoms with E-state index in [0.717, 1.165) is 32.0 Å². The van der Waals surface area contributed by atoms with Gasteiger partial charge in [-0.1, -0.05) is 23.5 Å². The molecule has 1 aliphatic heterocycles. The highest BCUT2D eigenvalue weighted by Crippen LogP contribution is 2.30. The molecule has 1 amide bonds. The third-order valence-corrected chi connectivity index (χ3v) is 7.09. The van der Waals surface area contributed by atoms with Crippen LogP contribution >= 0.6 is 19.4 Å². The van der Waals surface area contributed by atoms with Crippen LogP contribution < -0.4 is 20.9 Å². The maximum absolute atomic E-state index is 12.3. The molecule has 0 spiro atoms. The van der Waals surface area contributed by atoms with Crippen molar-refractivity contribution >= 4 is 43.1 Å². The van der Waals surface area contributed by atoms with Crippen molar-refractivity contribution in [3.63, 3.8) is 0 Å². The Labute approximate surface area is 195 Å². The molecule has 5 N–H and O–H groups in total. The van der Waals surface area contributed by atoms with E-state index in [1.807, 2.05) is 19.1 Å². The lowest BCUT2D eigenvalue weighted by Gasteiger charge is -2.29. The number of anilines is 1. The van der Waals surface area contributed by atoms with Crippen molar-refractivity contribution in [1.82, 2.24) is 20.0 Å². The Morgan fingerprint density at radius 3 is 2.82 bits per heavy atom. The van der Waals surface area contributed by atoms with Crippen molar-refractivity contribution in [3.05, 3.63) is 41.0 Å². The van der Waals surface area contributed by atoms with Gasteiger partial charge in [0.25, 0.3) is 5.65 Å². The summed E-state index contributed by atoms with van der Waals surface area (Å²) in [6.45, 7) is 5.30. The van der Waals surface area contributed by atoms with Crippen molar-refractivity contribution in [2.45, 2.75) is 13.3 Å². The van der Waals surface area contributed by atoms with Crippen LogP contribution in [0, 0.1) is 0 Å². The minimum Gasteiger partial charge on any atom is -0.481 e. The number of carbonyl (C=O) groups is 3. The van der Waals surface area contributed by atoms with Crippen molar-refractivity contribution in [2.24, 2.45) is 10.5 Å². The topological polar surface area (TPSA) is 155 Å². The first-order valence-corrected chi connectivity index (χ1v) is 12.7. The number of benzene rings is 1. The standard InChI is InChI=1S/C20H26N7O4PS/c1-2-16(26-9-7-22-8-10-26)24-19-27(13-28)25-18(33-19)14-4-3-5-15(12-14)23-20(31)32(21)11-6-17(29)30/h2-5,12-13,22H,6-11,21H2,1H3,(H,23,31)(H,29,30)/b16-2+,24-19+. The van der Waals surface area contributed by atoms with Gasteiger partial charge in [0.1, 0.15) is 10.8 Å². The van der Waals surface area contributed by atoms with E-state index in [9.17, 15) is 14.4 Å². The van der Waals surface area contributed by atoms with Crippen LogP contribution in [0.15, 0.2) is 41.2 Å².